The van der Waals surface area contributed by atoms with Gasteiger partial charge in [-0.25, -0.2) is 18.7 Å². The molecule has 1 saturated heterocycles. The molecule has 0 atom stereocenters. The number of aromatic hydroxyl groups is 1. The molecule has 0 amide bonds. The molecule has 0 bridgehead atoms. The van der Waals surface area contributed by atoms with E-state index in [-0.39, 0.29) is 23.7 Å². The van der Waals surface area contributed by atoms with Crippen LogP contribution in [0.5, 0.6) is 17.4 Å². The molecule has 1 aliphatic heterocycles. The predicted octanol–water partition coefficient (Wildman–Crippen LogP) is 6.24. The zero-order chi connectivity index (χ0) is 31.0. The number of rotatable bonds is 8. The molecule has 11 heteroatoms. The minimum Gasteiger partial charge on any atom is -0.497 e. The number of anilines is 3. The van der Waals surface area contributed by atoms with E-state index in [1.54, 1.807) is 49.4 Å². The molecule has 0 aliphatic carbocycles. The molecule has 2 aromatic carbocycles. The van der Waals surface area contributed by atoms with Crippen LogP contribution in [0.15, 0.2) is 67.0 Å². The van der Waals surface area contributed by atoms with Crippen LogP contribution < -0.4 is 19.7 Å². The first kappa shape index (κ1) is 29.2. The lowest BCUT2D eigenvalue weighted by molar-refractivity contribution is 0.0351. The monoisotopic (exact) mass is 601 g/mol. The molecule has 6 rings (SSSR count). The molecular weight excluding hydrogens is 568 g/mol. The van der Waals surface area contributed by atoms with Crippen molar-refractivity contribution in [2.45, 2.75) is 31.9 Å². The largest absolute Gasteiger partial charge is 0.497 e. The highest BCUT2D eigenvalue weighted by molar-refractivity contribution is 5.99. The standard InChI is InChI=1S/C33H33F2N5O4/c1-33(42)11-13-39(14-12-33)21-8-10-29(36-17-21)38-26-16-25(30-23(34)5-4-6-24(30)35)37-27-19-40(32(41)31(26)27)18-20-7-9-22(43-2)15-28(20)44-3/h4-10,15-17,19,41-42H,11-14,18H2,1-3H3,(H,36,38). The van der Waals surface area contributed by atoms with Gasteiger partial charge in [-0.1, -0.05) is 6.07 Å². The van der Waals surface area contributed by atoms with Gasteiger partial charge in [-0.05, 0) is 62.2 Å². The summed E-state index contributed by atoms with van der Waals surface area (Å²) < 4.78 is 42.2. The number of aromatic nitrogens is 3. The maximum absolute atomic E-state index is 14.9. The number of hydrogen-bond acceptors (Lipinski definition) is 8. The molecule has 3 aromatic heterocycles. The van der Waals surface area contributed by atoms with Crippen LogP contribution in [-0.4, -0.2) is 57.7 Å². The summed E-state index contributed by atoms with van der Waals surface area (Å²) in [5.41, 5.74) is 1.52. The topological polar surface area (TPSA) is 105 Å². The van der Waals surface area contributed by atoms with Crippen molar-refractivity contribution in [1.29, 1.82) is 0 Å². The molecule has 4 heterocycles. The van der Waals surface area contributed by atoms with Crippen molar-refractivity contribution in [2.24, 2.45) is 0 Å². The predicted molar refractivity (Wildman–Crippen MR) is 165 cm³/mol. The summed E-state index contributed by atoms with van der Waals surface area (Å²) in [4.78, 5) is 11.3. The first-order valence-electron chi connectivity index (χ1n) is 14.2. The minimum absolute atomic E-state index is 0.0618. The average molecular weight is 602 g/mol. The van der Waals surface area contributed by atoms with Gasteiger partial charge in [0.1, 0.15) is 29.0 Å². The highest BCUT2D eigenvalue weighted by Crippen LogP contribution is 2.39. The minimum atomic E-state index is -0.752. The Kier molecular flexibility index (Phi) is 7.73. The summed E-state index contributed by atoms with van der Waals surface area (Å²) in [5.74, 6) is 0.0702. The van der Waals surface area contributed by atoms with E-state index in [0.29, 0.717) is 59.8 Å². The molecule has 3 N–H and O–H groups in total. The van der Waals surface area contributed by atoms with Crippen molar-refractivity contribution in [3.63, 3.8) is 0 Å². The van der Waals surface area contributed by atoms with Gasteiger partial charge in [0.2, 0.25) is 5.88 Å². The summed E-state index contributed by atoms with van der Waals surface area (Å²) >= 11 is 0. The number of ether oxygens (including phenoxy) is 2. The smallest absolute Gasteiger partial charge is 0.203 e. The number of methoxy groups -OCH3 is 2. The van der Waals surface area contributed by atoms with Crippen LogP contribution in [0.2, 0.25) is 0 Å². The van der Waals surface area contributed by atoms with Gasteiger partial charge in [0.05, 0.1) is 66.1 Å². The molecule has 1 aliphatic rings. The fourth-order valence-corrected chi connectivity index (χ4v) is 5.53. The van der Waals surface area contributed by atoms with Gasteiger partial charge in [0.25, 0.3) is 0 Å². The number of halogens is 2. The second-order valence-corrected chi connectivity index (χ2v) is 11.2. The van der Waals surface area contributed by atoms with Crippen LogP contribution in [-0.2, 0) is 6.54 Å². The fraction of sp³-hybridized carbons (Fsp3) is 0.273. The molecule has 9 nitrogen and oxygen atoms in total. The van der Waals surface area contributed by atoms with Crippen molar-refractivity contribution in [3.8, 4) is 28.6 Å². The Bertz CT molecular complexity index is 1790. The van der Waals surface area contributed by atoms with Crippen molar-refractivity contribution in [3.05, 3.63) is 84.2 Å². The van der Waals surface area contributed by atoms with Gasteiger partial charge in [0.15, 0.2) is 0 Å². The van der Waals surface area contributed by atoms with Gasteiger partial charge >= 0.3 is 0 Å². The zero-order valence-electron chi connectivity index (χ0n) is 24.6. The molecule has 0 unspecified atom stereocenters. The SMILES string of the molecule is COc1ccc(Cn2cc3nc(-c4c(F)cccc4F)cc(Nc4ccc(N5CCC(C)(O)CC5)cn4)c3c2O)c(OC)c1. The van der Waals surface area contributed by atoms with Gasteiger partial charge < -0.3 is 34.5 Å². The Labute approximate surface area is 253 Å². The lowest BCUT2D eigenvalue weighted by atomic mass is 9.94. The molecule has 0 saturated carbocycles. The van der Waals surface area contributed by atoms with Gasteiger partial charge in [0, 0.05) is 30.9 Å². The summed E-state index contributed by atoms with van der Waals surface area (Å²) in [6, 6.07) is 14.3. The van der Waals surface area contributed by atoms with Gasteiger partial charge in [-0.15, -0.1) is 0 Å². The van der Waals surface area contributed by atoms with Crippen LogP contribution in [0.4, 0.5) is 26.0 Å². The summed E-state index contributed by atoms with van der Waals surface area (Å²) in [6.07, 6.45) is 4.69. The Morgan fingerprint density at radius 1 is 1.00 bits per heavy atom. The van der Waals surface area contributed by atoms with E-state index < -0.39 is 17.2 Å². The Balaban J connectivity index is 1.39. The Hall–Kier alpha value is -4.90. The maximum Gasteiger partial charge on any atom is 0.203 e. The molecule has 228 valence electrons. The number of nitrogens with one attached hydrogen (secondary N) is 1. The number of benzene rings is 2. The lowest BCUT2D eigenvalue weighted by Gasteiger charge is -2.37. The Morgan fingerprint density at radius 2 is 1.75 bits per heavy atom. The zero-order valence-corrected chi connectivity index (χ0v) is 24.6. The number of aliphatic hydroxyl groups is 1. The average Bonchev–Trinajstić information content (AvgIpc) is 3.32. The molecule has 0 radical (unpaired) electrons. The van der Waals surface area contributed by atoms with Crippen LogP contribution in [0, 0.1) is 11.6 Å². The quantitative estimate of drug-likeness (QED) is 0.192. The summed E-state index contributed by atoms with van der Waals surface area (Å²) in [7, 11) is 3.12. The first-order valence-corrected chi connectivity index (χ1v) is 14.2. The summed E-state index contributed by atoms with van der Waals surface area (Å²) in [5, 5.41) is 25.3. The van der Waals surface area contributed by atoms with E-state index in [1.807, 2.05) is 19.1 Å². The number of fused-ring (bicyclic) bond motifs is 1. The molecule has 1 fully saturated rings. The Morgan fingerprint density at radius 3 is 2.41 bits per heavy atom. The molecule has 44 heavy (non-hydrogen) atoms. The van der Waals surface area contributed by atoms with E-state index in [9.17, 15) is 19.0 Å². The normalized spacial score (nSPS) is 14.5. The number of pyridine rings is 2. The second kappa shape index (κ2) is 11.6. The van der Waals surface area contributed by atoms with Gasteiger partial charge in [-0.3, -0.25) is 0 Å². The third-order valence-corrected chi connectivity index (χ3v) is 8.09. The fourth-order valence-electron chi connectivity index (χ4n) is 5.53. The highest BCUT2D eigenvalue weighted by Gasteiger charge is 2.27. The van der Waals surface area contributed by atoms with Crippen LogP contribution >= 0.6 is 0 Å². The number of nitrogens with zero attached hydrogens (tertiary/aromatic N) is 4. The van der Waals surface area contributed by atoms with Gasteiger partial charge in [-0.2, -0.15) is 0 Å². The lowest BCUT2D eigenvalue weighted by Crippen LogP contribution is -2.42. The van der Waals surface area contributed by atoms with E-state index in [0.717, 1.165) is 11.3 Å². The summed E-state index contributed by atoms with van der Waals surface area (Å²) in [6.45, 7) is 3.51. The number of piperidine rings is 1. The van der Waals surface area contributed by atoms with Crippen LogP contribution in [0.25, 0.3) is 22.2 Å². The van der Waals surface area contributed by atoms with Crippen molar-refractivity contribution in [1.82, 2.24) is 14.5 Å². The van der Waals surface area contributed by atoms with Crippen molar-refractivity contribution >= 4 is 28.1 Å². The molecule has 5 aromatic rings. The van der Waals surface area contributed by atoms with Crippen molar-refractivity contribution < 1.29 is 28.5 Å². The maximum atomic E-state index is 14.9. The first-order chi connectivity index (χ1) is 21.2. The highest BCUT2D eigenvalue weighted by atomic mass is 19.1. The van der Waals surface area contributed by atoms with Crippen LogP contribution in [0.3, 0.4) is 0 Å². The third kappa shape index (κ3) is 5.70. The van der Waals surface area contributed by atoms with E-state index in [1.165, 1.54) is 24.3 Å². The molecule has 0 spiro atoms. The third-order valence-electron chi connectivity index (χ3n) is 8.09. The number of hydrogen-bond donors (Lipinski definition) is 3. The van der Waals surface area contributed by atoms with E-state index in [2.05, 4.69) is 20.2 Å². The molecular formula is C33H33F2N5O4. The van der Waals surface area contributed by atoms with E-state index in [4.69, 9.17) is 9.47 Å². The van der Waals surface area contributed by atoms with E-state index >= 15 is 0 Å². The second-order valence-electron chi connectivity index (χ2n) is 11.2. The van der Waals surface area contributed by atoms with Crippen molar-refractivity contribution in [2.75, 3.05) is 37.5 Å². The van der Waals surface area contributed by atoms with Crippen LogP contribution in [0.1, 0.15) is 25.3 Å².